The standard InChI is InChI=1S/C12H11F3N4O2S/c1-7(8-4-3-5-9(6-8)19(20)21)22-11-17-16-10(18(11)2)12(13,14)15/h3-7H,1-2H3/t7-/m1/s1. The van der Waals surface area contributed by atoms with E-state index in [1.807, 2.05) is 0 Å². The van der Waals surface area contributed by atoms with Gasteiger partial charge in [-0.1, -0.05) is 23.9 Å². The van der Waals surface area contributed by atoms with Crippen molar-refractivity contribution >= 4 is 17.4 Å². The zero-order valence-corrected chi connectivity index (χ0v) is 12.4. The number of nitrogens with zero attached hydrogens (tertiary/aromatic N) is 4. The Morgan fingerprint density at radius 2 is 2.05 bits per heavy atom. The van der Waals surface area contributed by atoms with E-state index in [0.29, 0.717) is 5.56 Å². The van der Waals surface area contributed by atoms with Crippen molar-refractivity contribution in [2.45, 2.75) is 23.5 Å². The number of hydrogen-bond donors (Lipinski definition) is 0. The maximum absolute atomic E-state index is 12.7. The lowest BCUT2D eigenvalue weighted by Crippen LogP contribution is -2.13. The summed E-state index contributed by atoms with van der Waals surface area (Å²) in [6, 6.07) is 5.94. The Bertz CT molecular complexity index is 702. The summed E-state index contributed by atoms with van der Waals surface area (Å²) in [6.07, 6.45) is -4.57. The molecule has 22 heavy (non-hydrogen) atoms. The van der Waals surface area contributed by atoms with E-state index < -0.39 is 16.9 Å². The first-order chi connectivity index (χ1) is 10.2. The van der Waals surface area contributed by atoms with Gasteiger partial charge in [0.05, 0.1) is 4.92 Å². The lowest BCUT2D eigenvalue weighted by Gasteiger charge is -2.11. The van der Waals surface area contributed by atoms with Gasteiger partial charge in [-0.3, -0.25) is 10.1 Å². The lowest BCUT2D eigenvalue weighted by molar-refractivity contribution is -0.384. The molecule has 1 aromatic heterocycles. The fourth-order valence-electron chi connectivity index (χ4n) is 1.78. The average Bonchev–Trinajstić information content (AvgIpc) is 2.80. The zero-order chi connectivity index (χ0) is 16.5. The molecule has 6 nitrogen and oxygen atoms in total. The van der Waals surface area contributed by atoms with Crippen LogP contribution < -0.4 is 0 Å². The van der Waals surface area contributed by atoms with Crippen molar-refractivity contribution in [1.29, 1.82) is 0 Å². The molecule has 0 unspecified atom stereocenters. The molecule has 0 saturated heterocycles. The fraction of sp³-hybridized carbons (Fsp3) is 0.333. The number of nitro benzene ring substituents is 1. The van der Waals surface area contributed by atoms with Crippen LogP contribution in [-0.4, -0.2) is 19.7 Å². The van der Waals surface area contributed by atoms with Gasteiger partial charge < -0.3 is 4.57 Å². The third kappa shape index (κ3) is 3.38. The van der Waals surface area contributed by atoms with Crippen LogP contribution in [0, 0.1) is 10.1 Å². The number of non-ortho nitro benzene ring substituents is 1. The molecule has 2 aromatic rings. The number of thioether (sulfide) groups is 1. The van der Waals surface area contributed by atoms with Crippen molar-refractivity contribution in [1.82, 2.24) is 14.8 Å². The van der Waals surface area contributed by atoms with Gasteiger partial charge >= 0.3 is 6.18 Å². The van der Waals surface area contributed by atoms with Crippen LogP contribution in [0.4, 0.5) is 18.9 Å². The second-order valence-corrected chi connectivity index (χ2v) is 5.78. The molecule has 0 aliphatic heterocycles. The van der Waals surface area contributed by atoms with Gasteiger partial charge in [0.25, 0.3) is 5.69 Å². The quantitative estimate of drug-likeness (QED) is 0.486. The molecule has 0 fully saturated rings. The molecular formula is C12H11F3N4O2S. The summed E-state index contributed by atoms with van der Waals surface area (Å²) in [6.45, 7) is 1.73. The Morgan fingerprint density at radius 3 is 2.59 bits per heavy atom. The highest BCUT2D eigenvalue weighted by atomic mass is 32.2. The molecule has 1 heterocycles. The van der Waals surface area contributed by atoms with Crippen LogP contribution in [0.15, 0.2) is 29.4 Å². The first-order valence-electron chi connectivity index (χ1n) is 6.07. The minimum Gasteiger partial charge on any atom is -0.302 e. The molecule has 0 aliphatic carbocycles. The summed E-state index contributed by atoms with van der Waals surface area (Å²) in [5, 5.41) is 17.2. The third-order valence-corrected chi connectivity index (χ3v) is 4.11. The van der Waals surface area contributed by atoms with Gasteiger partial charge in [-0.15, -0.1) is 10.2 Å². The van der Waals surface area contributed by atoms with Gasteiger partial charge in [0.1, 0.15) is 0 Å². The molecule has 0 spiro atoms. The van der Waals surface area contributed by atoms with E-state index in [4.69, 9.17) is 0 Å². The van der Waals surface area contributed by atoms with Gasteiger partial charge in [0.15, 0.2) is 5.16 Å². The van der Waals surface area contributed by atoms with Gasteiger partial charge in [-0.2, -0.15) is 13.2 Å². The number of halogens is 3. The van der Waals surface area contributed by atoms with Crippen LogP contribution >= 0.6 is 11.8 Å². The highest BCUT2D eigenvalue weighted by molar-refractivity contribution is 7.99. The van der Waals surface area contributed by atoms with Crippen molar-refractivity contribution in [3.8, 4) is 0 Å². The molecule has 118 valence electrons. The summed E-state index contributed by atoms with van der Waals surface area (Å²) in [5.41, 5.74) is 0.551. The van der Waals surface area contributed by atoms with Crippen LogP contribution in [0.5, 0.6) is 0 Å². The predicted octanol–water partition coefficient (Wildman–Crippen LogP) is 3.60. The highest BCUT2D eigenvalue weighted by Gasteiger charge is 2.37. The number of nitro groups is 1. The van der Waals surface area contributed by atoms with Crippen LogP contribution in [0.2, 0.25) is 0 Å². The van der Waals surface area contributed by atoms with E-state index >= 15 is 0 Å². The van der Waals surface area contributed by atoms with E-state index in [1.165, 1.54) is 25.2 Å². The SMILES string of the molecule is C[C@@H](Sc1nnc(C(F)(F)F)n1C)c1cccc([N+](=O)[O-])c1. The lowest BCUT2D eigenvalue weighted by atomic mass is 10.1. The molecule has 2 rings (SSSR count). The van der Waals surface area contributed by atoms with Crippen molar-refractivity contribution in [3.05, 3.63) is 45.8 Å². The fourth-order valence-corrected chi connectivity index (χ4v) is 2.71. The van der Waals surface area contributed by atoms with Gasteiger partial charge in [-0.25, -0.2) is 0 Å². The smallest absolute Gasteiger partial charge is 0.302 e. The van der Waals surface area contributed by atoms with Crippen molar-refractivity contribution in [2.24, 2.45) is 7.05 Å². The normalized spacial score (nSPS) is 13.1. The maximum Gasteiger partial charge on any atom is 0.451 e. The van der Waals surface area contributed by atoms with E-state index in [0.717, 1.165) is 16.3 Å². The molecule has 10 heteroatoms. The van der Waals surface area contributed by atoms with Gasteiger partial charge in [-0.05, 0) is 12.5 Å². The summed E-state index contributed by atoms with van der Waals surface area (Å²) in [4.78, 5) is 10.2. The monoisotopic (exact) mass is 332 g/mol. The predicted molar refractivity (Wildman–Crippen MR) is 73.4 cm³/mol. The molecule has 0 amide bonds. The summed E-state index contributed by atoms with van der Waals surface area (Å²) in [7, 11) is 1.23. The van der Waals surface area contributed by atoms with Gasteiger partial charge in [0.2, 0.25) is 5.82 Å². The topological polar surface area (TPSA) is 73.8 Å². The van der Waals surface area contributed by atoms with E-state index in [2.05, 4.69) is 10.2 Å². The minimum atomic E-state index is -4.57. The Hall–Kier alpha value is -2.10. The van der Waals surface area contributed by atoms with E-state index in [1.54, 1.807) is 13.0 Å². The maximum atomic E-state index is 12.7. The van der Waals surface area contributed by atoms with Crippen molar-refractivity contribution < 1.29 is 18.1 Å². The molecule has 1 aromatic carbocycles. The Balaban J connectivity index is 2.23. The number of hydrogen-bond acceptors (Lipinski definition) is 5. The number of aromatic nitrogens is 3. The molecule has 0 N–H and O–H groups in total. The average molecular weight is 332 g/mol. The molecule has 0 radical (unpaired) electrons. The Kier molecular flexibility index (Phi) is 4.40. The Labute approximate surface area is 127 Å². The summed E-state index contributed by atoms with van der Waals surface area (Å²) in [5.74, 6) is -1.08. The number of alkyl halides is 3. The van der Waals surface area contributed by atoms with Crippen LogP contribution in [-0.2, 0) is 13.2 Å². The molecule has 0 bridgehead atoms. The zero-order valence-electron chi connectivity index (χ0n) is 11.5. The second kappa shape index (κ2) is 5.95. The molecular weight excluding hydrogens is 321 g/mol. The van der Waals surface area contributed by atoms with Crippen LogP contribution in [0.1, 0.15) is 23.6 Å². The molecule has 0 saturated carbocycles. The Morgan fingerprint density at radius 1 is 1.36 bits per heavy atom. The molecule has 1 atom stereocenters. The largest absolute Gasteiger partial charge is 0.451 e. The second-order valence-electron chi connectivity index (χ2n) is 4.48. The van der Waals surface area contributed by atoms with Crippen molar-refractivity contribution in [3.63, 3.8) is 0 Å². The first kappa shape index (κ1) is 16.3. The minimum absolute atomic E-state index is 0.0705. The highest BCUT2D eigenvalue weighted by Crippen LogP contribution is 2.36. The third-order valence-electron chi connectivity index (χ3n) is 2.92. The first-order valence-corrected chi connectivity index (χ1v) is 6.95. The summed E-state index contributed by atoms with van der Waals surface area (Å²) < 4.78 is 38.8. The van der Waals surface area contributed by atoms with Crippen LogP contribution in [0.25, 0.3) is 0 Å². The number of rotatable bonds is 4. The van der Waals surface area contributed by atoms with E-state index in [-0.39, 0.29) is 16.1 Å². The molecule has 0 aliphatic rings. The van der Waals surface area contributed by atoms with Gasteiger partial charge in [0, 0.05) is 24.4 Å². The van der Waals surface area contributed by atoms with Crippen LogP contribution in [0.3, 0.4) is 0 Å². The number of benzene rings is 1. The van der Waals surface area contributed by atoms with Crippen molar-refractivity contribution in [2.75, 3.05) is 0 Å². The van der Waals surface area contributed by atoms with E-state index in [9.17, 15) is 23.3 Å². The summed E-state index contributed by atoms with van der Waals surface area (Å²) >= 11 is 1.05.